The van der Waals surface area contributed by atoms with Crippen molar-refractivity contribution in [3.05, 3.63) is 29.8 Å². The van der Waals surface area contributed by atoms with Gasteiger partial charge in [0, 0.05) is 19.6 Å². The van der Waals surface area contributed by atoms with Crippen molar-refractivity contribution in [1.82, 2.24) is 10.2 Å². The lowest BCUT2D eigenvalue weighted by Crippen LogP contribution is -2.37. The van der Waals surface area contributed by atoms with Gasteiger partial charge in [0.25, 0.3) is 5.91 Å². The number of benzene rings is 1. The van der Waals surface area contributed by atoms with E-state index in [9.17, 15) is 4.79 Å². The zero-order chi connectivity index (χ0) is 15.1. The van der Waals surface area contributed by atoms with E-state index in [0.717, 1.165) is 44.8 Å². The number of carbonyl (C=O) groups is 1. The van der Waals surface area contributed by atoms with Crippen LogP contribution in [0.25, 0.3) is 0 Å². The molecule has 0 spiro atoms. The molecule has 2 rings (SSSR count). The molecule has 1 atom stereocenters. The molecule has 1 aliphatic heterocycles. The first-order valence-corrected chi connectivity index (χ1v) is 7.92. The molecule has 0 radical (unpaired) electrons. The van der Waals surface area contributed by atoms with E-state index < -0.39 is 0 Å². The topological polar surface area (TPSA) is 41.6 Å². The maximum Gasteiger partial charge on any atom is 0.260 e. The first-order valence-electron chi connectivity index (χ1n) is 7.92. The maximum absolute atomic E-state index is 12.1. The average Bonchev–Trinajstić information content (AvgIpc) is 2.81. The van der Waals surface area contributed by atoms with Gasteiger partial charge in [0.05, 0.1) is 0 Å². The smallest absolute Gasteiger partial charge is 0.260 e. The number of hydrogen-bond donors (Lipinski definition) is 1. The largest absolute Gasteiger partial charge is 0.484 e. The van der Waals surface area contributed by atoms with Crippen LogP contribution in [0.2, 0.25) is 0 Å². The molecule has 1 unspecified atom stereocenters. The molecule has 0 aromatic heterocycles. The van der Waals surface area contributed by atoms with Crippen LogP contribution in [0.5, 0.6) is 5.75 Å². The Morgan fingerprint density at radius 2 is 2.05 bits per heavy atom. The van der Waals surface area contributed by atoms with E-state index in [4.69, 9.17) is 4.74 Å². The quantitative estimate of drug-likeness (QED) is 0.905. The molecule has 1 amide bonds. The highest BCUT2D eigenvalue weighted by Crippen LogP contribution is 2.21. The Morgan fingerprint density at radius 1 is 1.29 bits per heavy atom. The summed E-state index contributed by atoms with van der Waals surface area (Å²) in [6, 6.07) is 8.09. The van der Waals surface area contributed by atoms with Crippen molar-refractivity contribution >= 4 is 5.91 Å². The summed E-state index contributed by atoms with van der Waals surface area (Å²) in [6.07, 6.45) is 2.14. The molecule has 1 aromatic carbocycles. The van der Waals surface area contributed by atoms with Crippen molar-refractivity contribution in [3.8, 4) is 5.75 Å². The van der Waals surface area contributed by atoms with Gasteiger partial charge in [-0.05, 0) is 43.0 Å². The number of nitrogens with one attached hydrogen (secondary N) is 1. The van der Waals surface area contributed by atoms with Crippen molar-refractivity contribution in [2.75, 3.05) is 32.8 Å². The fraction of sp³-hybridized carbons (Fsp3) is 0.588. The fourth-order valence-electron chi connectivity index (χ4n) is 2.46. The summed E-state index contributed by atoms with van der Waals surface area (Å²) in [7, 11) is 0. The second kappa shape index (κ2) is 8.03. The molecule has 4 heteroatoms. The lowest BCUT2D eigenvalue weighted by atomic mass is 9.99. The van der Waals surface area contributed by atoms with Crippen molar-refractivity contribution < 1.29 is 9.53 Å². The second-order valence-corrected chi connectivity index (χ2v) is 5.65. The standard InChI is InChI=1S/C17H26N2O2/c1-3-14(2)15-5-7-16(8-6-15)21-13-17(20)19-11-4-9-18-10-12-19/h5-8,14,18H,3-4,9-13H2,1-2H3. The average molecular weight is 290 g/mol. The van der Waals surface area contributed by atoms with Crippen molar-refractivity contribution in [3.63, 3.8) is 0 Å². The van der Waals surface area contributed by atoms with Crippen LogP contribution in [0.4, 0.5) is 0 Å². The molecule has 1 saturated heterocycles. The summed E-state index contributed by atoms with van der Waals surface area (Å²) in [5.41, 5.74) is 1.31. The van der Waals surface area contributed by atoms with Crippen LogP contribution in [0.3, 0.4) is 0 Å². The molecule has 21 heavy (non-hydrogen) atoms. The molecule has 0 aliphatic carbocycles. The van der Waals surface area contributed by atoms with Crippen LogP contribution in [0.1, 0.15) is 38.2 Å². The normalized spacial score (nSPS) is 17.1. The zero-order valence-electron chi connectivity index (χ0n) is 13.1. The highest BCUT2D eigenvalue weighted by atomic mass is 16.5. The third-order valence-corrected chi connectivity index (χ3v) is 4.12. The third-order valence-electron chi connectivity index (χ3n) is 4.12. The van der Waals surface area contributed by atoms with E-state index >= 15 is 0 Å². The Bertz CT molecular complexity index is 437. The van der Waals surface area contributed by atoms with E-state index in [1.165, 1.54) is 5.56 Å². The van der Waals surface area contributed by atoms with Crippen LogP contribution < -0.4 is 10.1 Å². The first-order chi connectivity index (χ1) is 10.2. The summed E-state index contributed by atoms with van der Waals surface area (Å²) in [5.74, 6) is 1.40. The molecule has 1 aliphatic rings. The fourth-order valence-corrected chi connectivity index (χ4v) is 2.46. The van der Waals surface area contributed by atoms with Crippen molar-refractivity contribution in [2.45, 2.75) is 32.6 Å². The molecule has 0 saturated carbocycles. The predicted molar refractivity (Wildman–Crippen MR) is 84.7 cm³/mol. The number of hydrogen-bond acceptors (Lipinski definition) is 3. The van der Waals surface area contributed by atoms with Crippen LogP contribution in [-0.4, -0.2) is 43.6 Å². The first kappa shape index (κ1) is 15.8. The summed E-state index contributed by atoms with van der Waals surface area (Å²) in [6.45, 7) is 7.98. The zero-order valence-corrected chi connectivity index (χ0v) is 13.1. The molecule has 1 aromatic rings. The van der Waals surface area contributed by atoms with Crippen LogP contribution >= 0.6 is 0 Å². The summed E-state index contributed by atoms with van der Waals surface area (Å²) in [5, 5.41) is 3.29. The van der Waals surface area contributed by atoms with Gasteiger partial charge in [0.15, 0.2) is 6.61 Å². The number of nitrogens with zero attached hydrogens (tertiary/aromatic N) is 1. The van der Waals surface area contributed by atoms with Gasteiger partial charge in [-0.3, -0.25) is 4.79 Å². The molecular formula is C17H26N2O2. The summed E-state index contributed by atoms with van der Waals surface area (Å²) in [4.78, 5) is 14.0. The maximum atomic E-state index is 12.1. The molecule has 1 N–H and O–H groups in total. The monoisotopic (exact) mass is 290 g/mol. The number of carbonyl (C=O) groups excluding carboxylic acids is 1. The Labute approximate surface area is 127 Å². The van der Waals surface area contributed by atoms with Crippen LogP contribution in [0, 0.1) is 0 Å². The highest BCUT2D eigenvalue weighted by molar-refractivity contribution is 5.77. The Kier molecular flexibility index (Phi) is 6.05. The van der Waals surface area contributed by atoms with E-state index in [0.29, 0.717) is 5.92 Å². The van der Waals surface area contributed by atoms with E-state index in [1.807, 2.05) is 17.0 Å². The Balaban J connectivity index is 1.83. The van der Waals surface area contributed by atoms with E-state index in [-0.39, 0.29) is 12.5 Å². The lowest BCUT2D eigenvalue weighted by Gasteiger charge is -2.20. The summed E-state index contributed by atoms with van der Waals surface area (Å²) >= 11 is 0. The summed E-state index contributed by atoms with van der Waals surface area (Å²) < 4.78 is 5.62. The van der Waals surface area contributed by atoms with Crippen LogP contribution in [-0.2, 0) is 4.79 Å². The molecule has 1 heterocycles. The highest BCUT2D eigenvalue weighted by Gasteiger charge is 2.15. The number of rotatable bonds is 5. The Hall–Kier alpha value is -1.55. The minimum absolute atomic E-state index is 0.0738. The molecule has 4 nitrogen and oxygen atoms in total. The molecular weight excluding hydrogens is 264 g/mol. The number of ether oxygens (including phenoxy) is 1. The van der Waals surface area contributed by atoms with E-state index in [1.54, 1.807) is 0 Å². The second-order valence-electron chi connectivity index (χ2n) is 5.65. The van der Waals surface area contributed by atoms with Crippen molar-refractivity contribution in [2.24, 2.45) is 0 Å². The SMILES string of the molecule is CCC(C)c1ccc(OCC(=O)N2CCCNCC2)cc1. The van der Waals surface area contributed by atoms with Gasteiger partial charge in [-0.2, -0.15) is 0 Å². The predicted octanol–water partition coefficient (Wildman–Crippen LogP) is 2.40. The van der Waals surface area contributed by atoms with Gasteiger partial charge in [-0.15, -0.1) is 0 Å². The lowest BCUT2D eigenvalue weighted by molar-refractivity contribution is -0.133. The van der Waals surface area contributed by atoms with E-state index in [2.05, 4.69) is 31.3 Å². The van der Waals surface area contributed by atoms with Crippen LogP contribution in [0.15, 0.2) is 24.3 Å². The van der Waals surface area contributed by atoms with Gasteiger partial charge in [-0.1, -0.05) is 26.0 Å². The van der Waals surface area contributed by atoms with Gasteiger partial charge in [0.2, 0.25) is 0 Å². The minimum Gasteiger partial charge on any atom is -0.484 e. The minimum atomic E-state index is 0.0738. The molecule has 1 fully saturated rings. The van der Waals surface area contributed by atoms with Gasteiger partial charge < -0.3 is 15.0 Å². The van der Waals surface area contributed by atoms with Gasteiger partial charge >= 0.3 is 0 Å². The number of amides is 1. The Morgan fingerprint density at radius 3 is 2.76 bits per heavy atom. The molecule has 0 bridgehead atoms. The van der Waals surface area contributed by atoms with Crippen molar-refractivity contribution in [1.29, 1.82) is 0 Å². The van der Waals surface area contributed by atoms with Gasteiger partial charge in [-0.25, -0.2) is 0 Å². The third kappa shape index (κ3) is 4.74. The molecule has 116 valence electrons. The van der Waals surface area contributed by atoms with Gasteiger partial charge in [0.1, 0.15) is 5.75 Å².